The Bertz CT molecular complexity index is 1570. The number of H-pyrrole nitrogens is 1. The third-order valence-corrected chi connectivity index (χ3v) is 4.83. The molecular weight excluding hydrogens is 422 g/mol. The molecule has 12 heteroatoms. The molecule has 160 valence electrons. The van der Waals surface area contributed by atoms with E-state index in [2.05, 4.69) is 30.4 Å². The van der Waals surface area contributed by atoms with Crippen molar-refractivity contribution in [1.82, 2.24) is 34.5 Å². The molecule has 5 aromatic rings. The lowest BCUT2D eigenvalue weighted by atomic mass is 10.0. The summed E-state index contributed by atoms with van der Waals surface area (Å²) < 4.78 is 32.7. The summed E-state index contributed by atoms with van der Waals surface area (Å²) in [5, 5.41) is 25.6. The van der Waals surface area contributed by atoms with Crippen LogP contribution in [0.3, 0.4) is 0 Å². The summed E-state index contributed by atoms with van der Waals surface area (Å²) in [7, 11) is 0. The molecule has 0 saturated carbocycles. The van der Waals surface area contributed by atoms with Gasteiger partial charge in [-0.3, -0.25) is 9.97 Å². The predicted octanol–water partition coefficient (Wildman–Crippen LogP) is 2.28. The van der Waals surface area contributed by atoms with Crippen molar-refractivity contribution in [3.63, 3.8) is 0 Å². The van der Waals surface area contributed by atoms with E-state index >= 15 is 8.78 Å². The maximum absolute atomic E-state index is 15.4. The zero-order valence-electron chi connectivity index (χ0n) is 16.4. The van der Waals surface area contributed by atoms with Gasteiger partial charge in [0.05, 0.1) is 17.4 Å². The molecule has 2 N–H and O–H groups in total. The summed E-state index contributed by atoms with van der Waals surface area (Å²) in [6, 6.07) is 10.5. The zero-order valence-corrected chi connectivity index (χ0v) is 16.4. The normalized spacial score (nSPS) is 12.7. The molecule has 10 nitrogen and oxygen atoms in total. The van der Waals surface area contributed by atoms with Crippen LogP contribution in [0.4, 0.5) is 8.78 Å². The third kappa shape index (κ3) is 3.17. The number of alkyl halides is 2. The van der Waals surface area contributed by atoms with Gasteiger partial charge < -0.3 is 5.11 Å². The summed E-state index contributed by atoms with van der Waals surface area (Å²) in [6.45, 7) is 1.54. The topological polar surface area (TPSA) is 126 Å². The van der Waals surface area contributed by atoms with Crippen LogP contribution in [0, 0.1) is 0 Å². The number of hydrogen-bond acceptors (Lipinski definition) is 7. The van der Waals surface area contributed by atoms with E-state index in [0.29, 0.717) is 10.9 Å². The Morgan fingerprint density at radius 3 is 2.81 bits per heavy atom. The number of imidazole rings is 1. The first-order valence-corrected chi connectivity index (χ1v) is 9.35. The number of fused-ring (bicyclic) bond motifs is 2. The molecule has 0 amide bonds. The molecule has 4 aromatic heterocycles. The van der Waals surface area contributed by atoms with Crippen molar-refractivity contribution in [2.24, 2.45) is 5.10 Å². The van der Waals surface area contributed by atoms with Gasteiger partial charge in [0.1, 0.15) is 5.69 Å². The third-order valence-electron chi connectivity index (χ3n) is 4.83. The standard InChI is InChI=1S/C20H14F2N8O2/c1-11(27-29-10-17(31)24-19(29)32)14-6-7-16-25-26-18(30(16)28-14)20(21,22)13-4-5-15-12(9-13)3-2-8-23-15/h2-10,31H,1H3,(H,24,32). The Morgan fingerprint density at radius 1 is 1.19 bits per heavy atom. The van der Waals surface area contributed by atoms with Crippen molar-refractivity contribution >= 4 is 22.3 Å². The Kier molecular flexibility index (Phi) is 4.29. The molecule has 0 spiro atoms. The van der Waals surface area contributed by atoms with E-state index in [-0.39, 0.29) is 28.5 Å². The lowest BCUT2D eigenvalue weighted by Gasteiger charge is -2.15. The molecule has 0 unspecified atom stereocenters. The Morgan fingerprint density at radius 2 is 2.03 bits per heavy atom. The van der Waals surface area contributed by atoms with Gasteiger partial charge in [0.2, 0.25) is 11.7 Å². The monoisotopic (exact) mass is 436 g/mol. The van der Waals surface area contributed by atoms with Crippen molar-refractivity contribution < 1.29 is 13.9 Å². The van der Waals surface area contributed by atoms with Crippen LogP contribution in [-0.2, 0) is 5.92 Å². The fraction of sp³-hybridized carbons (Fsp3) is 0.100. The van der Waals surface area contributed by atoms with Gasteiger partial charge >= 0.3 is 11.6 Å². The van der Waals surface area contributed by atoms with E-state index in [1.807, 2.05) is 0 Å². The van der Waals surface area contributed by atoms with E-state index in [0.717, 1.165) is 15.4 Å². The molecule has 0 atom stereocenters. The summed E-state index contributed by atoms with van der Waals surface area (Å²) in [6.07, 6.45) is 2.67. The summed E-state index contributed by atoms with van der Waals surface area (Å²) in [5.41, 5.74) is 0.230. The van der Waals surface area contributed by atoms with Crippen molar-refractivity contribution in [3.8, 4) is 5.88 Å². The van der Waals surface area contributed by atoms with Crippen LogP contribution in [0.5, 0.6) is 5.88 Å². The first-order chi connectivity index (χ1) is 15.3. The smallest absolute Gasteiger partial charge is 0.349 e. The van der Waals surface area contributed by atoms with E-state index in [4.69, 9.17) is 0 Å². The number of aromatic amines is 1. The largest absolute Gasteiger partial charge is 0.493 e. The van der Waals surface area contributed by atoms with Crippen LogP contribution in [0.1, 0.15) is 24.0 Å². The predicted molar refractivity (Wildman–Crippen MR) is 110 cm³/mol. The van der Waals surface area contributed by atoms with E-state index in [9.17, 15) is 9.90 Å². The summed E-state index contributed by atoms with van der Waals surface area (Å²) in [5.74, 6) is -4.52. The van der Waals surface area contributed by atoms with Crippen molar-refractivity contribution in [1.29, 1.82) is 0 Å². The maximum Gasteiger partial charge on any atom is 0.349 e. The lowest BCUT2D eigenvalue weighted by Crippen LogP contribution is -2.21. The van der Waals surface area contributed by atoms with Crippen LogP contribution < -0.4 is 5.69 Å². The Hall–Kier alpha value is -4.48. The molecule has 0 radical (unpaired) electrons. The minimum absolute atomic E-state index is 0.120. The second-order valence-corrected chi connectivity index (χ2v) is 6.97. The van der Waals surface area contributed by atoms with Crippen molar-refractivity contribution in [3.05, 3.63) is 82.4 Å². The average Bonchev–Trinajstić information content (AvgIpc) is 3.35. The van der Waals surface area contributed by atoms with Gasteiger partial charge in [0.25, 0.3) is 0 Å². The van der Waals surface area contributed by atoms with Crippen LogP contribution in [0.15, 0.2) is 64.8 Å². The highest BCUT2D eigenvalue weighted by Crippen LogP contribution is 2.35. The molecule has 4 heterocycles. The van der Waals surface area contributed by atoms with Gasteiger partial charge in [0, 0.05) is 17.1 Å². The highest BCUT2D eigenvalue weighted by molar-refractivity contribution is 5.96. The molecule has 0 fully saturated rings. The summed E-state index contributed by atoms with van der Waals surface area (Å²) in [4.78, 5) is 18.0. The number of nitrogens with one attached hydrogen (secondary N) is 1. The molecule has 32 heavy (non-hydrogen) atoms. The second-order valence-electron chi connectivity index (χ2n) is 6.97. The van der Waals surface area contributed by atoms with E-state index in [1.165, 1.54) is 30.3 Å². The molecule has 0 aliphatic heterocycles. The number of pyridine rings is 1. The minimum atomic E-state index is -3.50. The van der Waals surface area contributed by atoms with Crippen LogP contribution in [-0.4, -0.2) is 45.3 Å². The minimum Gasteiger partial charge on any atom is -0.493 e. The molecule has 0 saturated heterocycles. The first-order valence-electron chi connectivity index (χ1n) is 9.35. The molecule has 1 aromatic carbocycles. The van der Waals surface area contributed by atoms with Gasteiger partial charge in [-0.2, -0.15) is 28.2 Å². The second kappa shape index (κ2) is 7.04. The molecule has 0 bridgehead atoms. The highest BCUT2D eigenvalue weighted by Gasteiger charge is 2.40. The highest BCUT2D eigenvalue weighted by atomic mass is 19.3. The molecule has 5 rings (SSSR count). The van der Waals surface area contributed by atoms with E-state index < -0.39 is 17.4 Å². The van der Waals surface area contributed by atoms with Crippen LogP contribution in [0.25, 0.3) is 16.6 Å². The van der Waals surface area contributed by atoms with Gasteiger partial charge in [-0.25, -0.2) is 4.79 Å². The quantitative estimate of drug-likeness (QED) is 0.416. The number of aromatic hydroxyl groups is 1. The van der Waals surface area contributed by atoms with Gasteiger partial charge in [-0.1, -0.05) is 12.1 Å². The molecular formula is C20H14F2N8O2. The van der Waals surface area contributed by atoms with E-state index in [1.54, 1.807) is 25.3 Å². The Balaban J connectivity index is 1.60. The van der Waals surface area contributed by atoms with Crippen LogP contribution in [0.2, 0.25) is 0 Å². The molecule has 0 aliphatic carbocycles. The summed E-state index contributed by atoms with van der Waals surface area (Å²) >= 11 is 0. The Labute approximate surface area is 177 Å². The first kappa shape index (κ1) is 19.5. The van der Waals surface area contributed by atoms with Gasteiger partial charge in [0.15, 0.2) is 5.65 Å². The van der Waals surface area contributed by atoms with Gasteiger partial charge in [-0.05, 0) is 37.3 Å². The van der Waals surface area contributed by atoms with Crippen LogP contribution >= 0.6 is 0 Å². The number of hydrogen-bond donors (Lipinski definition) is 2. The lowest BCUT2D eigenvalue weighted by molar-refractivity contribution is 0.0307. The van der Waals surface area contributed by atoms with Crippen molar-refractivity contribution in [2.75, 3.05) is 0 Å². The number of benzene rings is 1. The molecule has 0 aliphatic rings. The average molecular weight is 436 g/mol. The van der Waals surface area contributed by atoms with Gasteiger partial charge in [-0.15, -0.1) is 10.2 Å². The number of rotatable bonds is 4. The SMILES string of the molecule is CC(=Nn1cc(O)[nH]c1=O)c1ccc2nnc(C(F)(F)c3ccc4ncccc4c3)n2n1. The number of nitrogens with zero attached hydrogens (tertiary/aromatic N) is 7. The fourth-order valence-corrected chi connectivity index (χ4v) is 3.24. The maximum atomic E-state index is 15.4. The number of halogens is 2. The number of aromatic nitrogens is 7. The fourth-order valence-electron chi connectivity index (χ4n) is 3.24. The van der Waals surface area contributed by atoms with Crippen molar-refractivity contribution in [2.45, 2.75) is 12.8 Å². The zero-order chi connectivity index (χ0) is 22.5.